The zero-order valence-corrected chi connectivity index (χ0v) is 9.91. The Morgan fingerprint density at radius 2 is 2.44 bits per heavy atom. The molecule has 0 unspecified atom stereocenters. The highest BCUT2D eigenvalue weighted by Crippen LogP contribution is 2.19. The summed E-state index contributed by atoms with van der Waals surface area (Å²) in [4.78, 5) is 4.26. The molecule has 2 aromatic heterocycles. The van der Waals surface area contributed by atoms with E-state index in [0.29, 0.717) is 5.92 Å². The van der Waals surface area contributed by atoms with Crippen LogP contribution in [0.5, 0.6) is 0 Å². The van der Waals surface area contributed by atoms with Crippen LogP contribution < -0.4 is 5.32 Å². The van der Waals surface area contributed by atoms with Crippen molar-refractivity contribution < 1.29 is 0 Å². The van der Waals surface area contributed by atoms with Crippen molar-refractivity contribution in [2.75, 3.05) is 13.1 Å². The Morgan fingerprint density at radius 3 is 3.12 bits per heavy atom. The maximum atomic E-state index is 4.26. The minimum Gasteiger partial charge on any atom is -0.334 e. The second kappa shape index (κ2) is 4.39. The zero-order valence-electron chi connectivity index (χ0n) is 9.10. The van der Waals surface area contributed by atoms with Crippen LogP contribution >= 0.6 is 11.3 Å². The summed E-state index contributed by atoms with van der Waals surface area (Å²) in [6.07, 6.45) is 5.08. The summed E-state index contributed by atoms with van der Waals surface area (Å²) in [6.45, 7) is 3.25. The van der Waals surface area contributed by atoms with Crippen molar-refractivity contribution in [3.05, 3.63) is 40.6 Å². The topological polar surface area (TPSA) is 29.9 Å². The molecule has 0 aliphatic carbocycles. The first-order chi connectivity index (χ1) is 7.93. The van der Waals surface area contributed by atoms with E-state index in [1.54, 1.807) is 11.3 Å². The molecule has 1 saturated heterocycles. The van der Waals surface area contributed by atoms with E-state index in [1.165, 1.54) is 11.3 Å². The van der Waals surface area contributed by atoms with E-state index < -0.39 is 0 Å². The van der Waals surface area contributed by atoms with Crippen molar-refractivity contribution in [3.8, 4) is 0 Å². The molecule has 2 aromatic rings. The van der Waals surface area contributed by atoms with Crippen LogP contribution in [-0.4, -0.2) is 22.6 Å². The molecular formula is C12H15N3S. The molecular weight excluding hydrogens is 218 g/mol. The lowest BCUT2D eigenvalue weighted by atomic mass is 10.00. The predicted octanol–water partition coefficient (Wildman–Crippen LogP) is 1.87. The van der Waals surface area contributed by atoms with Gasteiger partial charge in [0.05, 0.1) is 6.33 Å². The molecule has 0 atom stereocenters. The molecule has 16 heavy (non-hydrogen) atoms. The number of nitrogens with one attached hydrogen (secondary N) is 1. The largest absolute Gasteiger partial charge is 0.334 e. The van der Waals surface area contributed by atoms with E-state index >= 15 is 0 Å². The lowest BCUT2D eigenvalue weighted by Crippen LogP contribution is -2.40. The van der Waals surface area contributed by atoms with Gasteiger partial charge < -0.3 is 9.88 Å². The number of imidazole rings is 1. The van der Waals surface area contributed by atoms with Gasteiger partial charge in [0.1, 0.15) is 0 Å². The fourth-order valence-corrected chi connectivity index (χ4v) is 2.74. The lowest BCUT2D eigenvalue weighted by Gasteiger charge is -2.27. The van der Waals surface area contributed by atoms with Crippen LogP contribution in [-0.2, 0) is 13.0 Å². The molecule has 3 rings (SSSR count). The number of hydrogen-bond acceptors (Lipinski definition) is 3. The Bertz CT molecular complexity index is 443. The number of aryl methyl sites for hydroxylation is 2. The van der Waals surface area contributed by atoms with Gasteiger partial charge in [-0.05, 0) is 28.8 Å². The van der Waals surface area contributed by atoms with E-state index in [4.69, 9.17) is 0 Å². The molecule has 3 heterocycles. The average molecular weight is 233 g/mol. The van der Waals surface area contributed by atoms with Crippen molar-refractivity contribution in [2.24, 2.45) is 0 Å². The molecule has 0 bridgehead atoms. The summed E-state index contributed by atoms with van der Waals surface area (Å²) in [5.41, 5.74) is 2.81. The van der Waals surface area contributed by atoms with Gasteiger partial charge in [-0.15, -0.1) is 0 Å². The van der Waals surface area contributed by atoms with Crippen molar-refractivity contribution in [1.82, 2.24) is 14.9 Å². The van der Waals surface area contributed by atoms with E-state index in [9.17, 15) is 0 Å². The van der Waals surface area contributed by atoms with Gasteiger partial charge >= 0.3 is 0 Å². The maximum Gasteiger partial charge on any atom is 0.0948 e. The van der Waals surface area contributed by atoms with Gasteiger partial charge in [-0.1, -0.05) is 0 Å². The van der Waals surface area contributed by atoms with Gasteiger partial charge in [-0.2, -0.15) is 11.3 Å². The zero-order chi connectivity index (χ0) is 10.8. The number of aromatic nitrogens is 2. The summed E-state index contributed by atoms with van der Waals surface area (Å²) in [5.74, 6) is 0.671. The second-order valence-corrected chi connectivity index (χ2v) is 5.03. The summed E-state index contributed by atoms with van der Waals surface area (Å²) in [7, 11) is 0. The van der Waals surface area contributed by atoms with Crippen LogP contribution in [0.25, 0.3) is 0 Å². The number of thiophene rings is 1. The highest BCUT2D eigenvalue weighted by molar-refractivity contribution is 7.07. The third-order valence-corrected chi connectivity index (χ3v) is 3.90. The Morgan fingerprint density at radius 1 is 1.50 bits per heavy atom. The third kappa shape index (κ3) is 1.90. The summed E-state index contributed by atoms with van der Waals surface area (Å²) < 4.78 is 2.29. The molecule has 3 nitrogen and oxygen atoms in total. The first-order valence-electron chi connectivity index (χ1n) is 5.65. The standard InChI is InChI=1S/C12H15N3S/c1(10-2-4-16-8-10)3-15-9-14-7-12(15)11-5-13-6-11/h2,4,7-9,11,13H,1,3,5-6H2. The Hall–Kier alpha value is -1.13. The van der Waals surface area contributed by atoms with Gasteiger partial charge in [0.15, 0.2) is 0 Å². The number of rotatable bonds is 4. The smallest absolute Gasteiger partial charge is 0.0948 e. The molecule has 0 radical (unpaired) electrons. The molecule has 0 spiro atoms. The molecule has 1 aliphatic heterocycles. The molecule has 84 valence electrons. The van der Waals surface area contributed by atoms with Crippen LogP contribution in [0.3, 0.4) is 0 Å². The fourth-order valence-electron chi connectivity index (χ4n) is 2.04. The molecule has 4 heteroatoms. The SMILES string of the molecule is c1cc(CCn2cncc2C2CNC2)cs1. The summed E-state index contributed by atoms with van der Waals surface area (Å²) in [6, 6.07) is 2.20. The quantitative estimate of drug-likeness (QED) is 0.873. The highest BCUT2D eigenvalue weighted by atomic mass is 32.1. The molecule has 1 fully saturated rings. The van der Waals surface area contributed by atoms with Gasteiger partial charge in [-0.25, -0.2) is 4.98 Å². The molecule has 1 N–H and O–H groups in total. The van der Waals surface area contributed by atoms with Crippen molar-refractivity contribution in [1.29, 1.82) is 0 Å². The van der Waals surface area contributed by atoms with E-state index in [1.807, 2.05) is 12.5 Å². The van der Waals surface area contributed by atoms with Crippen molar-refractivity contribution in [3.63, 3.8) is 0 Å². The highest BCUT2D eigenvalue weighted by Gasteiger charge is 2.21. The van der Waals surface area contributed by atoms with Crippen LogP contribution in [0.4, 0.5) is 0 Å². The molecule has 0 aromatic carbocycles. The summed E-state index contributed by atoms with van der Waals surface area (Å²) in [5, 5.41) is 7.67. The third-order valence-electron chi connectivity index (χ3n) is 3.17. The number of hydrogen-bond donors (Lipinski definition) is 1. The monoisotopic (exact) mass is 233 g/mol. The predicted molar refractivity (Wildman–Crippen MR) is 65.9 cm³/mol. The van der Waals surface area contributed by atoms with Gasteiger partial charge in [0.2, 0.25) is 0 Å². The van der Waals surface area contributed by atoms with E-state index in [-0.39, 0.29) is 0 Å². The van der Waals surface area contributed by atoms with Gasteiger partial charge in [0.25, 0.3) is 0 Å². The molecule has 0 amide bonds. The Labute approximate surface area is 99.1 Å². The maximum absolute atomic E-state index is 4.26. The van der Waals surface area contributed by atoms with E-state index in [0.717, 1.165) is 26.1 Å². The van der Waals surface area contributed by atoms with Gasteiger partial charge in [-0.3, -0.25) is 0 Å². The van der Waals surface area contributed by atoms with Crippen molar-refractivity contribution >= 4 is 11.3 Å². The van der Waals surface area contributed by atoms with Crippen LogP contribution in [0.2, 0.25) is 0 Å². The first kappa shape index (κ1) is 10.1. The van der Waals surface area contributed by atoms with Crippen LogP contribution in [0, 0.1) is 0 Å². The van der Waals surface area contributed by atoms with E-state index in [2.05, 4.69) is 31.7 Å². The normalized spacial score (nSPS) is 16.2. The second-order valence-electron chi connectivity index (χ2n) is 4.25. The first-order valence-corrected chi connectivity index (χ1v) is 6.59. The fraction of sp³-hybridized carbons (Fsp3) is 0.417. The van der Waals surface area contributed by atoms with Crippen LogP contribution in [0.15, 0.2) is 29.4 Å². The van der Waals surface area contributed by atoms with Gasteiger partial charge in [0, 0.05) is 37.4 Å². The minimum atomic E-state index is 0.671. The Kier molecular flexibility index (Phi) is 2.76. The Balaban J connectivity index is 1.67. The number of nitrogens with zero attached hydrogens (tertiary/aromatic N) is 2. The molecule has 0 saturated carbocycles. The minimum absolute atomic E-state index is 0.671. The summed E-state index contributed by atoms with van der Waals surface area (Å²) >= 11 is 1.77. The average Bonchev–Trinajstić information content (AvgIpc) is 2.82. The lowest BCUT2D eigenvalue weighted by molar-refractivity contribution is 0.423. The van der Waals surface area contributed by atoms with Crippen molar-refractivity contribution in [2.45, 2.75) is 18.9 Å². The molecule has 1 aliphatic rings. The van der Waals surface area contributed by atoms with Crippen LogP contribution in [0.1, 0.15) is 17.2 Å².